The number of aliphatic carboxylic acids is 1. The lowest BCUT2D eigenvalue weighted by Gasteiger charge is -2.16. The van der Waals surface area contributed by atoms with Gasteiger partial charge in [0.15, 0.2) is 0 Å². The first-order valence-electron chi connectivity index (χ1n) is 5.68. The van der Waals surface area contributed by atoms with Crippen molar-refractivity contribution in [2.75, 3.05) is 6.54 Å². The highest BCUT2D eigenvalue weighted by atomic mass is 16.4. The normalized spacial score (nSPS) is 25.5. The predicted octanol–water partition coefficient (Wildman–Crippen LogP) is 1.95. The van der Waals surface area contributed by atoms with Crippen LogP contribution in [0, 0.1) is 11.3 Å². The van der Waals surface area contributed by atoms with Crippen molar-refractivity contribution in [2.45, 2.75) is 45.1 Å². The lowest BCUT2D eigenvalue weighted by atomic mass is 9.98. The standard InChI is InChI=1S/C11H20N2O2/c1-2-3-4-5-9-6-10(11(14)15)13(7-9)8-12/h8-10,12H,2-7H2,1H3,(H,14,15). The number of carbonyl (C=O) groups is 1. The van der Waals surface area contributed by atoms with Gasteiger partial charge in [-0.25, -0.2) is 4.79 Å². The summed E-state index contributed by atoms with van der Waals surface area (Å²) < 4.78 is 0. The summed E-state index contributed by atoms with van der Waals surface area (Å²) in [6.07, 6.45) is 6.57. The van der Waals surface area contributed by atoms with E-state index in [2.05, 4.69) is 6.92 Å². The summed E-state index contributed by atoms with van der Waals surface area (Å²) in [5.41, 5.74) is 0. The van der Waals surface area contributed by atoms with E-state index in [0.717, 1.165) is 13.0 Å². The van der Waals surface area contributed by atoms with Gasteiger partial charge in [-0.1, -0.05) is 26.2 Å². The molecule has 1 aliphatic rings. The molecule has 0 aromatic heterocycles. The van der Waals surface area contributed by atoms with Crippen molar-refractivity contribution < 1.29 is 9.90 Å². The molecule has 1 fully saturated rings. The Labute approximate surface area is 90.8 Å². The SMILES string of the molecule is CCCCCC1CC(C(=O)O)N(C=N)C1. The summed E-state index contributed by atoms with van der Waals surface area (Å²) in [6, 6.07) is -0.464. The monoisotopic (exact) mass is 212 g/mol. The molecular formula is C11H20N2O2. The van der Waals surface area contributed by atoms with Crippen LogP contribution < -0.4 is 0 Å². The number of hydrogen-bond acceptors (Lipinski definition) is 2. The van der Waals surface area contributed by atoms with Gasteiger partial charge in [0, 0.05) is 6.54 Å². The molecule has 1 heterocycles. The highest BCUT2D eigenvalue weighted by molar-refractivity contribution is 5.77. The van der Waals surface area contributed by atoms with Gasteiger partial charge in [0.2, 0.25) is 0 Å². The maximum Gasteiger partial charge on any atom is 0.326 e. The van der Waals surface area contributed by atoms with Gasteiger partial charge in [-0.2, -0.15) is 0 Å². The Hall–Kier alpha value is -1.06. The van der Waals surface area contributed by atoms with Gasteiger partial charge in [-0.05, 0) is 18.8 Å². The van der Waals surface area contributed by atoms with Crippen LogP contribution in [0.25, 0.3) is 0 Å². The Morgan fingerprint density at radius 3 is 2.80 bits per heavy atom. The first-order valence-corrected chi connectivity index (χ1v) is 5.68. The van der Waals surface area contributed by atoms with E-state index in [1.54, 1.807) is 4.90 Å². The van der Waals surface area contributed by atoms with Gasteiger partial charge in [0.05, 0.1) is 6.34 Å². The third-order valence-corrected chi connectivity index (χ3v) is 3.09. The lowest BCUT2D eigenvalue weighted by molar-refractivity contribution is -0.140. The Morgan fingerprint density at radius 2 is 2.33 bits per heavy atom. The van der Waals surface area contributed by atoms with E-state index in [1.165, 1.54) is 25.6 Å². The molecule has 0 radical (unpaired) electrons. The van der Waals surface area contributed by atoms with E-state index >= 15 is 0 Å². The summed E-state index contributed by atoms with van der Waals surface area (Å²) in [5.74, 6) is -0.337. The smallest absolute Gasteiger partial charge is 0.326 e. The van der Waals surface area contributed by atoms with E-state index in [9.17, 15) is 4.79 Å². The number of hydrogen-bond donors (Lipinski definition) is 2. The number of carboxylic acid groups (broad SMARTS) is 1. The summed E-state index contributed by atoms with van der Waals surface area (Å²) in [7, 11) is 0. The van der Waals surface area contributed by atoms with E-state index in [4.69, 9.17) is 10.5 Å². The van der Waals surface area contributed by atoms with Crippen LogP contribution in [-0.2, 0) is 4.79 Å². The summed E-state index contributed by atoms with van der Waals surface area (Å²) >= 11 is 0. The molecule has 86 valence electrons. The molecule has 4 nitrogen and oxygen atoms in total. The molecule has 4 heteroatoms. The van der Waals surface area contributed by atoms with E-state index in [0.29, 0.717) is 12.3 Å². The van der Waals surface area contributed by atoms with Crippen molar-refractivity contribution in [3.05, 3.63) is 0 Å². The van der Waals surface area contributed by atoms with Crippen molar-refractivity contribution in [3.63, 3.8) is 0 Å². The Balaban J connectivity index is 2.39. The lowest BCUT2D eigenvalue weighted by Crippen LogP contribution is -2.34. The highest BCUT2D eigenvalue weighted by Crippen LogP contribution is 2.26. The molecule has 0 aromatic rings. The van der Waals surface area contributed by atoms with Crippen LogP contribution in [0.4, 0.5) is 0 Å². The molecule has 0 saturated carbocycles. The third kappa shape index (κ3) is 3.22. The third-order valence-electron chi connectivity index (χ3n) is 3.09. The maximum absolute atomic E-state index is 10.9. The average molecular weight is 212 g/mol. The number of unbranched alkanes of at least 4 members (excludes halogenated alkanes) is 2. The van der Waals surface area contributed by atoms with Crippen LogP contribution >= 0.6 is 0 Å². The number of nitrogens with one attached hydrogen (secondary N) is 1. The second-order valence-corrected chi connectivity index (χ2v) is 4.28. The van der Waals surface area contributed by atoms with Crippen LogP contribution in [0.1, 0.15) is 39.0 Å². The minimum atomic E-state index is -0.795. The van der Waals surface area contributed by atoms with E-state index in [1.807, 2.05) is 0 Å². The molecule has 1 aliphatic heterocycles. The van der Waals surface area contributed by atoms with Gasteiger partial charge < -0.3 is 10.0 Å². The van der Waals surface area contributed by atoms with Crippen molar-refractivity contribution >= 4 is 12.3 Å². The molecule has 15 heavy (non-hydrogen) atoms. The maximum atomic E-state index is 10.9. The van der Waals surface area contributed by atoms with Gasteiger partial charge in [-0.3, -0.25) is 5.41 Å². The number of rotatable bonds is 6. The second kappa shape index (κ2) is 5.73. The average Bonchev–Trinajstić information content (AvgIpc) is 2.62. The van der Waals surface area contributed by atoms with E-state index < -0.39 is 12.0 Å². The molecule has 0 bridgehead atoms. The summed E-state index contributed by atoms with van der Waals surface area (Å²) in [6.45, 7) is 2.91. The zero-order valence-corrected chi connectivity index (χ0v) is 9.28. The molecule has 0 spiro atoms. The van der Waals surface area contributed by atoms with Crippen LogP contribution in [0.15, 0.2) is 0 Å². The molecule has 0 aliphatic carbocycles. The minimum absolute atomic E-state index is 0.458. The van der Waals surface area contributed by atoms with Gasteiger partial charge >= 0.3 is 5.97 Å². The molecule has 2 N–H and O–H groups in total. The van der Waals surface area contributed by atoms with Gasteiger partial charge in [0.25, 0.3) is 0 Å². The van der Waals surface area contributed by atoms with E-state index in [-0.39, 0.29) is 0 Å². The minimum Gasteiger partial charge on any atom is -0.480 e. The largest absolute Gasteiger partial charge is 0.480 e. The van der Waals surface area contributed by atoms with Crippen LogP contribution in [0.2, 0.25) is 0 Å². The molecule has 0 amide bonds. The zero-order chi connectivity index (χ0) is 11.3. The van der Waals surface area contributed by atoms with Crippen LogP contribution in [0.3, 0.4) is 0 Å². The topological polar surface area (TPSA) is 64.4 Å². The fraction of sp³-hybridized carbons (Fsp3) is 0.818. The second-order valence-electron chi connectivity index (χ2n) is 4.28. The van der Waals surface area contributed by atoms with Crippen molar-refractivity contribution in [1.82, 2.24) is 4.90 Å². The van der Waals surface area contributed by atoms with Gasteiger partial charge in [-0.15, -0.1) is 0 Å². The highest BCUT2D eigenvalue weighted by Gasteiger charge is 2.34. The van der Waals surface area contributed by atoms with Crippen LogP contribution in [-0.4, -0.2) is 34.9 Å². The summed E-state index contributed by atoms with van der Waals surface area (Å²) in [4.78, 5) is 12.5. The predicted molar refractivity (Wildman–Crippen MR) is 59.2 cm³/mol. The molecule has 1 rings (SSSR count). The van der Waals surface area contributed by atoms with Crippen molar-refractivity contribution in [3.8, 4) is 0 Å². The number of carboxylic acids is 1. The van der Waals surface area contributed by atoms with Crippen molar-refractivity contribution in [2.24, 2.45) is 5.92 Å². The number of likely N-dealkylation sites (tertiary alicyclic amines) is 1. The molecule has 2 atom stereocenters. The molecule has 0 aromatic carbocycles. The molecular weight excluding hydrogens is 192 g/mol. The fourth-order valence-electron chi connectivity index (χ4n) is 2.23. The van der Waals surface area contributed by atoms with Crippen molar-refractivity contribution in [1.29, 1.82) is 5.41 Å². The zero-order valence-electron chi connectivity index (χ0n) is 9.28. The Bertz CT molecular complexity index is 231. The molecule has 1 saturated heterocycles. The Kier molecular flexibility index (Phi) is 4.59. The first kappa shape index (κ1) is 12.0. The quantitative estimate of drug-likeness (QED) is 0.402. The Morgan fingerprint density at radius 1 is 1.60 bits per heavy atom. The van der Waals surface area contributed by atoms with Gasteiger partial charge in [0.1, 0.15) is 6.04 Å². The first-order chi connectivity index (χ1) is 7.19. The fourth-order valence-corrected chi connectivity index (χ4v) is 2.23. The van der Waals surface area contributed by atoms with Crippen LogP contribution in [0.5, 0.6) is 0 Å². The molecule has 2 unspecified atom stereocenters. The number of nitrogens with zero attached hydrogens (tertiary/aromatic N) is 1. The summed E-state index contributed by atoms with van der Waals surface area (Å²) in [5, 5.41) is 16.1.